The van der Waals surface area contributed by atoms with Crippen LogP contribution in [-0.4, -0.2) is 6.71 Å². The van der Waals surface area contributed by atoms with E-state index in [1.165, 1.54) is 118 Å². The highest BCUT2D eigenvalue weighted by atomic mass is 15.3. The van der Waals surface area contributed by atoms with Crippen LogP contribution < -0.4 is 36.0 Å². The Bertz CT molecular complexity index is 4150. The van der Waals surface area contributed by atoms with Crippen LogP contribution in [0.4, 0.5) is 56.9 Å². The summed E-state index contributed by atoms with van der Waals surface area (Å²) in [7, 11) is 0. The molecule has 2 aliphatic carbocycles. The molecule has 4 aliphatic heterocycles. The number of fused-ring (bicyclic) bond motifs is 14. The molecule has 15 rings (SSSR count). The lowest BCUT2D eigenvalue weighted by Gasteiger charge is -2.52. The van der Waals surface area contributed by atoms with Crippen LogP contribution in [0.5, 0.6) is 0 Å². The summed E-state index contributed by atoms with van der Waals surface area (Å²) in [5, 5.41) is 0. The van der Waals surface area contributed by atoms with Gasteiger partial charge in [0.05, 0.1) is 11.1 Å². The zero-order chi connectivity index (χ0) is 57.5. The highest BCUT2D eigenvalue weighted by Crippen LogP contribution is 2.66. The first-order valence-corrected chi connectivity index (χ1v) is 30.8. The van der Waals surface area contributed by atoms with E-state index in [0.717, 1.165) is 31.4 Å². The van der Waals surface area contributed by atoms with Crippen molar-refractivity contribution in [3.8, 4) is 0 Å². The molecule has 4 nitrogen and oxygen atoms in total. The second-order valence-corrected chi connectivity index (χ2v) is 29.2. The lowest BCUT2D eigenvalue weighted by molar-refractivity contribution is 0.245. The number of anilines is 10. The van der Waals surface area contributed by atoms with E-state index in [1.54, 1.807) is 0 Å². The molecule has 0 bridgehead atoms. The molecule has 0 saturated carbocycles. The van der Waals surface area contributed by atoms with Crippen molar-refractivity contribution in [3.63, 3.8) is 0 Å². The lowest BCUT2D eigenvalue weighted by atomic mass is 9.33. The van der Waals surface area contributed by atoms with Gasteiger partial charge in [0.15, 0.2) is 0 Å². The van der Waals surface area contributed by atoms with E-state index in [0.29, 0.717) is 0 Å². The SMILES string of the molecule is CC(C)(C)c1ccc(N2c3ccc(C(C)(C)C)cc3B3c4ccc(N5c6ccccc6C6(C)CCc7ccccc7C56C)cc4N(c4ccc(C(C)(C)C)cc4)c4cc(N5c6ccccc6C6(C)CCc7ccccc7C56C)cc2c43)cc1. The standard InChI is InChI=1S/C78H79BN4/c1-72(2,3)52-30-35-55(36-31-52)80-67-41-34-54(74(7,8)9)46-64(67)79-63-40-39-57(82-65-28-20-18-26-61(65)75(10)44-42-50-22-14-16-24-59(50)77(75,82)12)47-68(63)81(56-37-32-53(33-38-56)73(4,5)6)70-49-58(48-69(80)71(70)79)83-66-29-21-19-27-62(66)76(11)45-43-51-23-15-17-25-60(51)78(76,83)13/h14-41,46-49H,42-45H2,1-13H3. The topological polar surface area (TPSA) is 13.0 Å². The maximum absolute atomic E-state index is 2.78. The zero-order valence-electron chi connectivity index (χ0n) is 51.2. The quantitative estimate of drug-likeness (QED) is 0.163. The van der Waals surface area contributed by atoms with Crippen LogP contribution in [0.2, 0.25) is 0 Å². The lowest BCUT2D eigenvalue weighted by Crippen LogP contribution is -2.61. The minimum absolute atomic E-state index is 0.00478. The summed E-state index contributed by atoms with van der Waals surface area (Å²) in [6.07, 6.45) is 4.26. The molecule has 0 radical (unpaired) electrons. The Hall–Kier alpha value is -7.76. The summed E-state index contributed by atoms with van der Waals surface area (Å²) in [6.45, 7) is 31.2. The number of hydrogen-bond donors (Lipinski definition) is 0. The third-order valence-electron chi connectivity index (χ3n) is 21.8. The van der Waals surface area contributed by atoms with Gasteiger partial charge in [-0.3, -0.25) is 0 Å². The molecule has 9 aromatic rings. The Labute approximate surface area is 494 Å². The number of para-hydroxylation sites is 2. The Balaban J connectivity index is 1.06. The van der Waals surface area contributed by atoms with Crippen molar-refractivity contribution in [2.24, 2.45) is 0 Å². The third-order valence-corrected chi connectivity index (χ3v) is 21.8. The van der Waals surface area contributed by atoms with Gasteiger partial charge < -0.3 is 19.6 Å². The van der Waals surface area contributed by atoms with Gasteiger partial charge in [0, 0.05) is 67.7 Å². The molecule has 4 heterocycles. The first-order chi connectivity index (χ1) is 39.6. The first-order valence-electron chi connectivity index (χ1n) is 30.8. The number of benzene rings is 9. The Morgan fingerprint density at radius 2 is 0.735 bits per heavy atom. The monoisotopic (exact) mass is 1080 g/mol. The highest BCUT2D eigenvalue weighted by molar-refractivity contribution is 7.00. The summed E-state index contributed by atoms with van der Waals surface area (Å²) in [4.78, 5) is 10.8. The molecule has 83 heavy (non-hydrogen) atoms. The van der Waals surface area contributed by atoms with E-state index >= 15 is 0 Å². The Morgan fingerprint density at radius 1 is 0.337 bits per heavy atom. The predicted molar refractivity (Wildman–Crippen MR) is 353 cm³/mol. The molecule has 414 valence electrons. The molecule has 0 amide bonds. The van der Waals surface area contributed by atoms with Crippen molar-refractivity contribution in [2.45, 2.75) is 154 Å². The second kappa shape index (κ2) is 17.4. The molecule has 0 N–H and O–H groups in total. The minimum atomic E-state index is -0.403. The molecular weight excluding hydrogens is 1000 g/mol. The fourth-order valence-corrected chi connectivity index (χ4v) is 16.8. The van der Waals surface area contributed by atoms with E-state index in [1.807, 2.05) is 0 Å². The molecule has 4 atom stereocenters. The van der Waals surface area contributed by atoms with Gasteiger partial charge >= 0.3 is 0 Å². The maximum Gasteiger partial charge on any atom is 0.252 e. The number of aryl methyl sites for hydroxylation is 2. The molecule has 9 aromatic carbocycles. The fraction of sp³-hybridized carbons (Fsp3) is 0.308. The van der Waals surface area contributed by atoms with Gasteiger partial charge in [-0.05, 0) is 189 Å². The summed E-state index contributed by atoms with van der Waals surface area (Å²) in [5.41, 5.74) is 27.7. The third kappa shape index (κ3) is 7.06. The summed E-state index contributed by atoms with van der Waals surface area (Å²) in [5.74, 6) is 0. The van der Waals surface area contributed by atoms with Gasteiger partial charge in [0.25, 0.3) is 6.71 Å². The largest absolute Gasteiger partial charge is 0.330 e. The van der Waals surface area contributed by atoms with Crippen LogP contribution in [0.25, 0.3) is 0 Å². The smallest absolute Gasteiger partial charge is 0.252 e. The number of rotatable bonds is 4. The van der Waals surface area contributed by atoms with Crippen molar-refractivity contribution in [3.05, 3.63) is 244 Å². The van der Waals surface area contributed by atoms with Crippen LogP contribution in [0.3, 0.4) is 0 Å². The summed E-state index contributed by atoms with van der Waals surface area (Å²) in [6, 6.07) is 76.7. The van der Waals surface area contributed by atoms with E-state index in [-0.39, 0.29) is 39.3 Å². The molecule has 6 aliphatic rings. The molecule has 0 aromatic heterocycles. The maximum atomic E-state index is 2.78. The van der Waals surface area contributed by atoms with Gasteiger partial charge in [-0.1, -0.05) is 204 Å². The van der Waals surface area contributed by atoms with E-state index < -0.39 is 5.54 Å². The van der Waals surface area contributed by atoms with Crippen LogP contribution in [0, 0.1) is 0 Å². The van der Waals surface area contributed by atoms with Crippen LogP contribution >= 0.6 is 0 Å². The van der Waals surface area contributed by atoms with Gasteiger partial charge in [-0.25, -0.2) is 0 Å². The predicted octanol–water partition coefficient (Wildman–Crippen LogP) is 18.2. The first kappa shape index (κ1) is 52.1. The van der Waals surface area contributed by atoms with Gasteiger partial charge in [-0.2, -0.15) is 0 Å². The summed E-state index contributed by atoms with van der Waals surface area (Å²) < 4.78 is 0. The molecule has 0 saturated heterocycles. The van der Waals surface area contributed by atoms with Crippen molar-refractivity contribution in [1.82, 2.24) is 0 Å². The van der Waals surface area contributed by atoms with Gasteiger partial charge in [0.1, 0.15) is 0 Å². The molecule has 4 unspecified atom stereocenters. The minimum Gasteiger partial charge on any atom is -0.330 e. The number of nitrogens with zero attached hydrogens (tertiary/aromatic N) is 4. The van der Waals surface area contributed by atoms with E-state index in [9.17, 15) is 0 Å². The summed E-state index contributed by atoms with van der Waals surface area (Å²) >= 11 is 0. The number of hydrogen-bond acceptors (Lipinski definition) is 4. The van der Waals surface area contributed by atoms with Crippen LogP contribution in [-0.2, 0) is 51.0 Å². The van der Waals surface area contributed by atoms with Crippen molar-refractivity contribution < 1.29 is 0 Å². The van der Waals surface area contributed by atoms with Crippen molar-refractivity contribution in [2.75, 3.05) is 19.6 Å². The van der Waals surface area contributed by atoms with Crippen LogP contribution in [0.1, 0.15) is 153 Å². The van der Waals surface area contributed by atoms with Crippen molar-refractivity contribution in [1.29, 1.82) is 0 Å². The Kier molecular flexibility index (Phi) is 10.9. The average molecular weight is 1080 g/mol. The van der Waals surface area contributed by atoms with Gasteiger partial charge in [-0.15, -0.1) is 0 Å². The highest BCUT2D eigenvalue weighted by Gasteiger charge is 2.62. The van der Waals surface area contributed by atoms with Gasteiger partial charge in [0.2, 0.25) is 0 Å². The Morgan fingerprint density at radius 3 is 1.22 bits per heavy atom. The molecule has 0 fully saturated rings. The van der Waals surface area contributed by atoms with Crippen molar-refractivity contribution >= 4 is 80.0 Å². The van der Waals surface area contributed by atoms with E-state index in [2.05, 4.69) is 304 Å². The molecule has 0 spiro atoms. The normalized spacial score (nSPS) is 22.6. The van der Waals surface area contributed by atoms with Crippen LogP contribution in [0.15, 0.2) is 194 Å². The zero-order valence-corrected chi connectivity index (χ0v) is 51.2. The average Bonchev–Trinajstić information content (AvgIpc) is 2.50. The molecule has 5 heteroatoms. The van der Waals surface area contributed by atoms with E-state index in [4.69, 9.17) is 0 Å². The fourth-order valence-electron chi connectivity index (χ4n) is 16.8. The molecular formula is C78H79BN4. The second-order valence-electron chi connectivity index (χ2n) is 29.2.